The van der Waals surface area contributed by atoms with Gasteiger partial charge in [0.05, 0.1) is 17.8 Å². The Hall–Kier alpha value is -3.23. The number of urea groups is 1. The molecule has 0 aliphatic heterocycles. The van der Waals surface area contributed by atoms with Crippen LogP contribution in [0.1, 0.15) is 25.0 Å². The number of rotatable bonds is 8. The van der Waals surface area contributed by atoms with Crippen LogP contribution in [0.25, 0.3) is 0 Å². The summed E-state index contributed by atoms with van der Waals surface area (Å²) in [4.78, 5) is 14.5. The number of methoxy groups -OCH3 is 1. The quantitative estimate of drug-likeness (QED) is 0.389. The number of carbonyl (C=O) groups is 1. The Morgan fingerprint density at radius 1 is 1.03 bits per heavy atom. The minimum absolute atomic E-state index is 0.0558. The lowest BCUT2D eigenvalue weighted by Gasteiger charge is -2.27. The summed E-state index contributed by atoms with van der Waals surface area (Å²) in [5.41, 5.74) is 1.88. The van der Waals surface area contributed by atoms with Crippen LogP contribution >= 0.6 is 11.6 Å². The molecule has 3 aromatic carbocycles. The molecule has 0 heterocycles. The maximum Gasteiger partial charge on any atom is 0.340 e. The van der Waals surface area contributed by atoms with Gasteiger partial charge in [0.25, 0.3) is 0 Å². The first kappa shape index (κ1) is 25.4. The predicted molar refractivity (Wildman–Crippen MR) is 133 cm³/mol. The molecule has 0 bridgehead atoms. The van der Waals surface area contributed by atoms with Crippen LogP contribution in [-0.4, -0.2) is 32.5 Å². The van der Waals surface area contributed by atoms with E-state index >= 15 is 0 Å². The Morgan fingerprint density at radius 3 is 2.32 bits per heavy atom. The van der Waals surface area contributed by atoms with Crippen LogP contribution in [0.4, 0.5) is 10.5 Å². The SMILES string of the molecule is COc1ccccc1NC(=O)N(Cc1ccc(OS(=O)(=O)c2c(C)cccc2Cl)cc1)C(C)C. The maximum atomic E-state index is 12.9. The largest absolute Gasteiger partial charge is 0.495 e. The number of hydrogen-bond donors (Lipinski definition) is 1. The molecule has 2 amide bonds. The number of hydrogen-bond acceptors (Lipinski definition) is 5. The number of anilines is 1. The molecule has 0 aromatic heterocycles. The topological polar surface area (TPSA) is 84.9 Å². The second-order valence-electron chi connectivity index (χ2n) is 7.92. The van der Waals surface area contributed by atoms with Crippen molar-refractivity contribution in [3.05, 3.63) is 82.9 Å². The first-order chi connectivity index (χ1) is 16.1. The number of nitrogens with zero attached hydrogens (tertiary/aromatic N) is 1. The van der Waals surface area contributed by atoms with E-state index in [2.05, 4.69) is 5.32 Å². The van der Waals surface area contributed by atoms with Gasteiger partial charge >= 0.3 is 16.1 Å². The Kier molecular flexibility index (Phi) is 8.06. The van der Waals surface area contributed by atoms with E-state index in [9.17, 15) is 13.2 Å². The van der Waals surface area contributed by atoms with Crippen molar-refractivity contribution in [3.63, 3.8) is 0 Å². The van der Waals surface area contributed by atoms with Crippen molar-refractivity contribution >= 4 is 33.4 Å². The molecule has 3 rings (SSSR count). The first-order valence-corrected chi connectivity index (χ1v) is 12.4. The van der Waals surface area contributed by atoms with E-state index in [-0.39, 0.29) is 27.7 Å². The fourth-order valence-electron chi connectivity index (χ4n) is 3.37. The second kappa shape index (κ2) is 10.8. The summed E-state index contributed by atoms with van der Waals surface area (Å²) in [7, 11) is -2.55. The highest BCUT2D eigenvalue weighted by molar-refractivity contribution is 7.87. The van der Waals surface area contributed by atoms with E-state index in [4.69, 9.17) is 20.5 Å². The Bertz CT molecular complexity index is 1240. The molecule has 0 radical (unpaired) electrons. The molecule has 0 aliphatic carbocycles. The van der Waals surface area contributed by atoms with Crippen molar-refractivity contribution < 1.29 is 22.1 Å². The van der Waals surface area contributed by atoms with Crippen LogP contribution in [0, 0.1) is 6.92 Å². The summed E-state index contributed by atoms with van der Waals surface area (Å²) in [6.45, 7) is 5.80. The van der Waals surface area contributed by atoms with E-state index in [0.29, 0.717) is 23.5 Å². The average molecular weight is 503 g/mol. The molecule has 0 saturated carbocycles. The monoisotopic (exact) mass is 502 g/mol. The van der Waals surface area contributed by atoms with Crippen molar-refractivity contribution in [1.82, 2.24) is 4.90 Å². The first-order valence-electron chi connectivity index (χ1n) is 10.6. The number of para-hydroxylation sites is 2. The van der Waals surface area contributed by atoms with Gasteiger partial charge < -0.3 is 19.1 Å². The van der Waals surface area contributed by atoms with E-state index < -0.39 is 10.1 Å². The van der Waals surface area contributed by atoms with Gasteiger partial charge in [-0.2, -0.15) is 8.42 Å². The van der Waals surface area contributed by atoms with Crippen LogP contribution in [0.2, 0.25) is 5.02 Å². The van der Waals surface area contributed by atoms with Gasteiger partial charge in [-0.1, -0.05) is 48.0 Å². The summed E-state index contributed by atoms with van der Waals surface area (Å²) in [5, 5.41) is 2.98. The smallest absolute Gasteiger partial charge is 0.340 e. The fraction of sp³-hybridized carbons (Fsp3) is 0.240. The molecule has 3 aromatic rings. The van der Waals surface area contributed by atoms with Crippen LogP contribution in [-0.2, 0) is 16.7 Å². The van der Waals surface area contributed by atoms with Gasteiger partial charge in [0.1, 0.15) is 16.4 Å². The van der Waals surface area contributed by atoms with Gasteiger partial charge in [-0.25, -0.2) is 4.79 Å². The van der Waals surface area contributed by atoms with Gasteiger partial charge in [0.2, 0.25) is 0 Å². The summed E-state index contributed by atoms with van der Waals surface area (Å²) >= 11 is 6.09. The third-order valence-electron chi connectivity index (χ3n) is 5.13. The second-order valence-corrected chi connectivity index (χ2v) is 9.81. The minimum Gasteiger partial charge on any atom is -0.495 e. The number of nitrogens with one attached hydrogen (secondary N) is 1. The lowest BCUT2D eigenvalue weighted by Crippen LogP contribution is -2.39. The predicted octanol–water partition coefficient (Wildman–Crippen LogP) is 5.87. The number of amides is 2. The zero-order valence-electron chi connectivity index (χ0n) is 19.4. The zero-order chi connectivity index (χ0) is 24.9. The molecular weight excluding hydrogens is 476 g/mol. The van der Waals surface area contributed by atoms with Crippen molar-refractivity contribution in [1.29, 1.82) is 0 Å². The summed E-state index contributed by atoms with van der Waals surface area (Å²) in [6.07, 6.45) is 0. The highest BCUT2D eigenvalue weighted by Gasteiger charge is 2.23. The third kappa shape index (κ3) is 6.01. The van der Waals surface area contributed by atoms with Gasteiger partial charge in [0.15, 0.2) is 0 Å². The highest BCUT2D eigenvalue weighted by Crippen LogP contribution is 2.28. The van der Waals surface area contributed by atoms with Gasteiger partial charge in [-0.05, 0) is 62.2 Å². The molecule has 0 fully saturated rings. The summed E-state index contributed by atoms with van der Waals surface area (Å²) < 4.78 is 36.1. The molecule has 0 unspecified atom stereocenters. The molecule has 0 spiro atoms. The van der Waals surface area contributed by atoms with Crippen LogP contribution < -0.4 is 14.2 Å². The van der Waals surface area contributed by atoms with E-state index in [1.54, 1.807) is 67.5 Å². The minimum atomic E-state index is -4.10. The van der Waals surface area contributed by atoms with Gasteiger partial charge in [0, 0.05) is 12.6 Å². The molecular formula is C25H27ClN2O5S. The lowest BCUT2D eigenvalue weighted by atomic mass is 10.2. The molecule has 180 valence electrons. The Morgan fingerprint density at radius 2 is 1.71 bits per heavy atom. The van der Waals surface area contributed by atoms with E-state index in [1.807, 2.05) is 26.0 Å². The number of aryl methyl sites for hydroxylation is 1. The summed E-state index contributed by atoms with van der Waals surface area (Å²) in [5.74, 6) is 0.716. The standard InChI is InChI=1S/C25H27ClN2O5S/c1-17(2)28(25(29)27-22-10-5-6-11-23(22)32-4)16-19-12-14-20(15-13-19)33-34(30,31)24-18(3)8-7-9-21(24)26/h5-15,17H,16H2,1-4H3,(H,27,29). The van der Waals surface area contributed by atoms with Crippen molar-refractivity contribution in [2.75, 3.05) is 12.4 Å². The third-order valence-corrected chi connectivity index (χ3v) is 7.01. The van der Waals surface area contributed by atoms with Crippen LogP contribution in [0.15, 0.2) is 71.6 Å². The van der Waals surface area contributed by atoms with Crippen molar-refractivity contribution in [2.45, 2.75) is 38.3 Å². The fourth-order valence-corrected chi connectivity index (χ4v) is 5.09. The number of carbonyl (C=O) groups excluding carboxylic acids is 1. The maximum absolute atomic E-state index is 12.9. The molecule has 0 atom stereocenters. The normalized spacial score (nSPS) is 11.2. The van der Waals surface area contributed by atoms with E-state index in [0.717, 1.165) is 5.56 Å². The molecule has 0 aliphatic rings. The zero-order valence-corrected chi connectivity index (χ0v) is 21.0. The highest BCUT2D eigenvalue weighted by atomic mass is 35.5. The molecule has 1 N–H and O–H groups in total. The molecule has 9 heteroatoms. The summed E-state index contributed by atoms with van der Waals surface area (Å²) in [6, 6.07) is 18.2. The molecule has 34 heavy (non-hydrogen) atoms. The van der Waals surface area contributed by atoms with E-state index in [1.165, 1.54) is 6.07 Å². The van der Waals surface area contributed by atoms with Gasteiger partial charge in [-0.3, -0.25) is 0 Å². The van der Waals surface area contributed by atoms with Crippen LogP contribution in [0.5, 0.6) is 11.5 Å². The number of halogens is 1. The Labute approximate surface area is 205 Å². The molecule has 0 saturated heterocycles. The Balaban J connectivity index is 1.73. The number of ether oxygens (including phenoxy) is 1. The lowest BCUT2D eigenvalue weighted by molar-refractivity contribution is 0.193. The van der Waals surface area contributed by atoms with Gasteiger partial charge in [-0.15, -0.1) is 0 Å². The van der Waals surface area contributed by atoms with Crippen LogP contribution in [0.3, 0.4) is 0 Å². The van der Waals surface area contributed by atoms with Crippen molar-refractivity contribution in [3.8, 4) is 11.5 Å². The number of benzene rings is 3. The average Bonchev–Trinajstić information content (AvgIpc) is 2.78. The molecule has 7 nitrogen and oxygen atoms in total. The van der Waals surface area contributed by atoms with Crippen molar-refractivity contribution in [2.24, 2.45) is 0 Å².